The van der Waals surface area contributed by atoms with Gasteiger partial charge in [0.1, 0.15) is 5.60 Å². The number of fused-ring (bicyclic) bond motifs is 4. The summed E-state index contributed by atoms with van der Waals surface area (Å²) in [7, 11) is 0. The van der Waals surface area contributed by atoms with Crippen molar-refractivity contribution in [3.63, 3.8) is 0 Å². The molecule has 6 aliphatic rings. The Hall–Kier alpha value is -0.130. The highest BCUT2D eigenvalue weighted by Gasteiger charge is 2.83. The van der Waals surface area contributed by atoms with Crippen LogP contribution in [0.25, 0.3) is 0 Å². The molecule has 5 saturated carbocycles. The average molecular weight is 552 g/mol. The largest absolute Gasteiger partial charge is 0.457 e. The lowest BCUT2D eigenvalue weighted by molar-refractivity contribution is -0.290. The molecule has 11 atom stereocenters. The summed E-state index contributed by atoms with van der Waals surface area (Å²) in [6.07, 6.45) is 7.57. The molecule has 6 rings (SSSR count). The van der Waals surface area contributed by atoms with Crippen LogP contribution in [0.4, 0.5) is 0 Å². The molecule has 1 heterocycles. The number of rotatable bonds is 0. The predicted octanol–water partition coefficient (Wildman–Crippen LogP) is 6.25. The van der Waals surface area contributed by atoms with Gasteiger partial charge in [0.05, 0.1) is 22.5 Å². The maximum Gasteiger partial charge on any atom is 0.313 e. The first-order valence-corrected chi connectivity index (χ1v) is 15.2. The number of alkyl halides is 1. The fourth-order valence-electron chi connectivity index (χ4n) is 11.9. The molecule has 2 bridgehead atoms. The summed E-state index contributed by atoms with van der Waals surface area (Å²) in [6.45, 7) is 16.5. The van der Waals surface area contributed by atoms with E-state index in [2.05, 4.69) is 64.4 Å². The lowest BCUT2D eigenvalue weighted by Crippen LogP contribution is -2.75. The normalized spacial score (nSPS) is 60.0. The zero-order chi connectivity index (χ0) is 25.6. The van der Waals surface area contributed by atoms with Gasteiger partial charge in [0.15, 0.2) is 0 Å². The Kier molecular flexibility index (Phi) is 4.95. The second-order valence-corrected chi connectivity index (χ2v) is 17.0. The van der Waals surface area contributed by atoms with E-state index in [4.69, 9.17) is 4.74 Å². The predicted molar refractivity (Wildman–Crippen MR) is 140 cm³/mol. The number of ether oxygens (including phenoxy) is 1. The molecule has 0 unspecified atom stereocenters. The second-order valence-electron chi connectivity index (χ2n) is 15.9. The fraction of sp³-hybridized carbons (Fsp3) is 0.967. The van der Waals surface area contributed by atoms with Gasteiger partial charge in [0, 0.05) is 11.3 Å². The SMILES string of the molecule is CC1(C)CC[C@@]23CC[C@]4(C)[C@@](OC2=O)([C@@H]3C1)[C@@H](Br)C[C@@H]1[C@@]2(C)C[C@@H](O)[C@H](O)C(C)(C)[C@@H]2CC[C@]14C. The third-order valence-corrected chi connectivity index (χ3v) is 15.0. The van der Waals surface area contributed by atoms with Gasteiger partial charge in [-0.1, -0.05) is 64.4 Å². The van der Waals surface area contributed by atoms with Crippen molar-refractivity contribution >= 4 is 21.9 Å². The molecule has 4 nitrogen and oxygen atoms in total. The van der Waals surface area contributed by atoms with Gasteiger partial charge in [0.25, 0.3) is 0 Å². The Morgan fingerprint density at radius 1 is 0.857 bits per heavy atom. The zero-order valence-corrected chi connectivity index (χ0v) is 24.5. The number of hydrogen-bond acceptors (Lipinski definition) is 4. The van der Waals surface area contributed by atoms with Gasteiger partial charge in [0.2, 0.25) is 0 Å². The third-order valence-electron chi connectivity index (χ3n) is 13.9. The van der Waals surface area contributed by atoms with Gasteiger partial charge in [-0.05, 0) is 91.3 Å². The van der Waals surface area contributed by atoms with Crippen LogP contribution >= 0.6 is 15.9 Å². The van der Waals surface area contributed by atoms with Crippen LogP contribution in [0.2, 0.25) is 0 Å². The second kappa shape index (κ2) is 6.89. The van der Waals surface area contributed by atoms with Crippen LogP contribution in [0.3, 0.4) is 0 Å². The summed E-state index contributed by atoms with van der Waals surface area (Å²) >= 11 is 4.23. The highest BCUT2D eigenvalue weighted by molar-refractivity contribution is 9.09. The molecule has 1 aliphatic heterocycles. The summed E-state index contributed by atoms with van der Waals surface area (Å²) in [5, 5.41) is 22.1. The van der Waals surface area contributed by atoms with Gasteiger partial charge < -0.3 is 14.9 Å². The standard InChI is InChI=1S/C30H47BrO4/c1-24(2)10-12-29-13-11-28(7)27(6)9-8-18-25(3,4)22(33)17(32)15-26(18,5)19(27)14-21(31)30(28,20(29)16-24)35-23(29)34/h17-22,32-33H,8-16H2,1-7H3/t17-,18+,19-,20-,21+,22+,26+,27-,28+,29+,30-/m1/s1. The quantitative estimate of drug-likeness (QED) is 0.276. The van der Waals surface area contributed by atoms with Crippen LogP contribution < -0.4 is 0 Å². The minimum absolute atomic E-state index is 0.0129. The molecule has 35 heavy (non-hydrogen) atoms. The zero-order valence-electron chi connectivity index (χ0n) is 22.9. The molecule has 0 amide bonds. The molecule has 0 aromatic carbocycles. The molecule has 5 heteroatoms. The number of carbonyl (C=O) groups excluding carboxylic acids is 1. The van der Waals surface area contributed by atoms with Crippen LogP contribution in [0, 0.1) is 50.2 Å². The molecule has 5 aliphatic carbocycles. The van der Waals surface area contributed by atoms with E-state index >= 15 is 0 Å². The van der Waals surface area contributed by atoms with Crippen LogP contribution in [-0.4, -0.2) is 38.8 Å². The van der Waals surface area contributed by atoms with Crippen LogP contribution in [0.15, 0.2) is 0 Å². The summed E-state index contributed by atoms with van der Waals surface area (Å²) in [4.78, 5) is 13.9. The first-order chi connectivity index (χ1) is 16.0. The number of carbonyl (C=O) groups is 1. The molecule has 198 valence electrons. The van der Waals surface area contributed by atoms with Crippen molar-refractivity contribution in [2.45, 2.75) is 129 Å². The van der Waals surface area contributed by atoms with E-state index in [9.17, 15) is 15.0 Å². The number of esters is 1. The van der Waals surface area contributed by atoms with Crippen molar-refractivity contribution < 1.29 is 19.7 Å². The van der Waals surface area contributed by atoms with Gasteiger partial charge in [-0.2, -0.15) is 0 Å². The molecule has 0 aromatic heterocycles. The van der Waals surface area contributed by atoms with Crippen molar-refractivity contribution in [2.75, 3.05) is 0 Å². The highest BCUT2D eigenvalue weighted by atomic mass is 79.9. The average Bonchev–Trinajstić information content (AvgIpc) is 2.94. The first kappa shape index (κ1) is 25.2. The van der Waals surface area contributed by atoms with Crippen LogP contribution in [-0.2, 0) is 9.53 Å². The molecule has 2 N–H and O–H groups in total. The Bertz CT molecular complexity index is 962. The minimum Gasteiger partial charge on any atom is -0.457 e. The number of aliphatic hydroxyl groups is 2. The molecule has 1 spiro atoms. The molecular formula is C30H47BrO4. The van der Waals surface area contributed by atoms with E-state index in [0.29, 0.717) is 18.3 Å². The van der Waals surface area contributed by atoms with E-state index in [1.807, 2.05) is 0 Å². The topological polar surface area (TPSA) is 66.8 Å². The van der Waals surface area contributed by atoms with Gasteiger partial charge in [-0.15, -0.1) is 0 Å². The Balaban J connectivity index is 1.49. The minimum atomic E-state index is -0.687. The molecular weight excluding hydrogens is 504 g/mol. The molecule has 6 fully saturated rings. The monoisotopic (exact) mass is 550 g/mol. The van der Waals surface area contributed by atoms with Crippen LogP contribution in [0.5, 0.6) is 0 Å². The van der Waals surface area contributed by atoms with E-state index < -0.39 is 17.8 Å². The summed E-state index contributed by atoms with van der Waals surface area (Å²) in [6, 6.07) is 0. The molecule has 0 aromatic rings. The van der Waals surface area contributed by atoms with Crippen molar-refractivity contribution in [1.29, 1.82) is 0 Å². The first-order valence-electron chi connectivity index (χ1n) is 14.3. The van der Waals surface area contributed by atoms with Gasteiger partial charge in [-0.3, -0.25) is 4.79 Å². The Labute approximate surface area is 220 Å². The van der Waals surface area contributed by atoms with E-state index in [1.54, 1.807) is 0 Å². The lowest BCUT2D eigenvalue weighted by atomic mass is 9.30. The van der Waals surface area contributed by atoms with Gasteiger partial charge in [-0.25, -0.2) is 0 Å². The number of aliphatic hydroxyl groups excluding tert-OH is 2. The third kappa shape index (κ3) is 2.61. The number of hydrogen-bond donors (Lipinski definition) is 2. The Morgan fingerprint density at radius 2 is 1.51 bits per heavy atom. The van der Waals surface area contributed by atoms with Gasteiger partial charge >= 0.3 is 5.97 Å². The van der Waals surface area contributed by atoms with Crippen molar-refractivity contribution in [3.05, 3.63) is 0 Å². The Morgan fingerprint density at radius 3 is 2.20 bits per heavy atom. The summed E-state index contributed by atoms with van der Waals surface area (Å²) < 4.78 is 6.81. The molecule has 1 saturated heterocycles. The van der Waals surface area contributed by atoms with E-state index in [0.717, 1.165) is 51.4 Å². The van der Waals surface area contributed by atoms with E-state index in [1.165, 1.54) is 0 Å². The maximum absolute atomic E-state index is 13.8. The molecule has 0 radical (unpaired) electrons. The summed E-state index contributed by atoms with van der Waals surface area (Å²) in [5.74, 6) is 1.13. The van der Waals surface area contributed by atoms with Crippen LogP contribution in [0.1, 0.15) is 106 Å². The highest BCUT2D eigenvalue weighted by Crippen LogP contribution is 2.81. The van der Waals surface area contributed by atoms with Crippen molar-refractivity contribution in [1.82, 2.24) is 0 Å². The van der Waals surface area contributed by atoms with Crippen molar-refractivity contribution in [2.24, 2.45) is 50.2 Å². The maximum atomic E-state index is 13.8. The van der Waals surface area contributed by atoms with E-state index in [-0.39, 0.29) is 49.2 Å². The number of halogens is 1. The summed E-state index contributed by atoms with van der Waals surface area (Å²) in [5.41, 5.74) is -1.01. The fourth-order valence-corrected chi connectivity index (χ4v) is 13.2. The lowest BCUT2D eigenvalue weighted by Gasteiger charge is -2.75. The van der Waals surface area contributed by atoms with Crippen molar-refractivity contribution in [3.8, 4) is 0 Å². The smallest absolute Gasteiger partial charge is 0.313 e.